The molecule has 1 heterocycles. The molecule has 1 atom stereocenters. The van der Waals surface area contributed by atoms with Gasteiger partial charge in [0.15, 0.2) is 5.96 Å². The third-order valence-corrected chi connectivity index (χ3v) is 4.76. The Balaban J connectivity index is 0.00000243. The first-order valence-corrected chi connectivity index (χ1v) is 8.95. The number of hydrogen-bond donors (Lipinski definition) is 2. The molecule has 2 N–H and O–H groups in total. The Morgan fingerprint density at radius 2 is 2.04 bits per heavy atom. The van der Waals surface area contributed by atoms with Crippen LogP contribution >= 0.6 is 24.0 Å². The predicted molar refractivity (Wildman–Crippen MR) is 114 cm³/mol. The molecule has 0 spiro atoms. The van der Waals surface area contributed by atoms with Gasteiger partial charge in [-0.1, -0.05) is 24.3 Å². The molecule has 1 aliphatic carbocycles. The highest BCUT2D eigenvalue weighted by molar-refractivity contribution is 14.0. The van der Waals surface area contributed by atoms with Gasteiger partial charge in [-0.15, -0.1) is 24.0 Å². The van der Waals surface area contributed by atoms with Crippen LogP contribution in [0.25, 0.3) is 0 Å². The average Bonchev–Trinajstić information content (AvgIpc) is 3.15. The van der Waals surface area contributed by atoms with Crippen molar-refractivity contribution in [2.24, 2.45) is 4.99 Å². The number of hydrogen-bond acceptors (Lipinski definition) is 3. The van der Waals surface area contributed by atoms with E-state index in [2.05, 4.69) is 32.7 Å². The van der Waals surface area contributed by atoms with Crippen molar-refractivity contribution in [3.63, 3.8) is 0 Å². The molecule has 0 amide bonds. The Kier molecular flexibility index (Phi) is 8.80. The summed E-state index contributed by atoms with van der Waals surface area (Å²) < 4.78 is 19.2. The fourth-order valence-corrected chi connectivity index (χ4v) is 3.38. The number of nitrogens with zero attached hydrogens (tertiary/aromatic N) is 2. The zero-order chi connectivity index (χ0) is 17.5. The van der Waals surface area contributed by atoms with Crippen molar-refractivity contribution in [1.29, 1.82) is 0 Å². The standard InChI is InChI=1S/C19H27FN4O.HI/c1-21-19(23-17-7-2-3-8-17)22-14-18(24-9-11-25-12-10-24)15-5-4-6-16(20)13-15;/h2-6,13,17-18H,7-12,14H2,1H3,(H2,21,22,23);1H. The SMILES string of the molecule is CN=C(NCC(c1cccc(F)c1)N1CCOCC1)NC1CC=CC1.I. The Labute approximate surface area is 172 Å². The van der Waals surface area contributed by atoms with E-state index in [1.165, 1.54) is 6.07 Å². The lowest BCUT2D eigenvalue weighted by molar-refractivity contribution is 0.0169. The molecule has 0 radical (unpaired) electrons. The second-order valence-electron chi connectivity index (χ2n) is 6.46. The minimum atomic E-state index is -0.199. The van der Waals surface area contributed by atoms with E-state index in [0.717, 1.165) is 37.5 Å². The van der Waals surface area contributed by atoms with Crippen LogP contribution in [0.1, 0.15) is 24.4 Å². The molecular formula is C19H28FIN4O. The van der Waals surface area contributed by atoms with Gasteiger partial charge in [0.2, 0.25) is 0 Å². The summed E-state index contributed by atoms with van der Waals surface area (Å²) in [5, 5.41) is 6.86. The smallest absolute Gasteiger partial charge is 0.191 e. The minimum Gasteiger partial charge on any atom is -0.379 e. The van der Waals surface area contributed by atoms with Crippen LogP contribution in [0.5, 0.6) is 0 Å². The van der Waals surface area contributed by atoms with Crippen LogP contribution in [0.3, 0.4) is 0 Å². The van der Waals surface area contributed by atoms with Gasteiger partial charge >= 0.3 is 0 Å². The maximum Gasteiger partial charge on any atom is 0.191 e. The number of nitrogens with one attached hydrogen (secondary N) is 2. The van der Waals surface area contributed by atoms with Crippen LogP contribution in [0.4, 0.5) is 4.39 Å². The first kappa shape index (κ1) is 21.1. The zero-order valence-electron chi connectivity index (χ0n) is 15.2. The third-order valence-electron chi connectivity index (χ3n) is 4.76. The molecule has 0 bridgehead atoms. The Morgan fingerprint density at radius 1 is 1.31 bits per heavy atom. The Hall–Kier alpha value is -1.19. The summed E-state index contributed by atoms with van der Waals surface area (Å²) >= 11 is 0. The van der Waals surface area contributed by atoms with Crippen molar-refractivity contribution >= 4 is 29.9 Å². The second kappa shape index (κ2) is 10.8. The normalized spacial score (nSPS) is 19.8. The van der Waals surface area contributed by atoms with Gasteiger partial charge in [0.25, 0.3) is 0 Å². The van der Waals surface area contributed by atoms with Crippen molar-refractivity contribution < 1.29 is 9.13 Å². The summed E-state index contributed by atoms with van der Waals surface area (Å²) in [6.45, 7) is 3.80. The van der Waals surface area contributed by atoms with Crippen molar-refractivity contribution in [2.75, 3.05) is 39.9 Å². The molecule has 144 valence electrons. The highest BCUT2D eigenvalue weighted by Gasteiger charge is 2.23. The minimum absolute atomic E-state index is 0. The molecule has 2 aliphatic rings. The quantitative estimate of drug-likeness (QED) is 0.298. The van der Waals surface area contributed by atoms with E-state index in [0.29, 0.717) is 25.8 Å². The Bertz CT molecular complexity index is 611. The van der Waals surface area contributed by atoms with Crippen LogP contribution < -0.4 is 10.6 Å². The largest absolute Gasteiger partial charge is 0.379 e. The molecule has 7 heteroatoms. The Morgan fingerprint density at radius 3 is 2.69 bits per heavy atom. The van der Waals surface area contributed by atoms with Crippen molar-refractivity contribution in [3.05, 3.63) is 47.8 Å². The van der Waals surface area contributed by atoms with Gasteiger partial charge in [-0.25, -0.2) is 4.39 Å². The van der Waals surface area contributed by atoms with E-state index in [1.807, 2.05) is 6.07 Å². The lowest BCUT2D eigenvalue weighted by Crippen LogP contribution is -2.48. The molecule has 0 aromatic heterocycles. The summed E-state index contributed by atoms with van der Waals surface area (Å²) in [6, 6.07) is 7.36. The first-order chi connectivity index (χ1) is 12.3. The van der Waals surface area contributed by atoms with Gasteiger partial charge < -0.3 is 15.4 Å². The molecule has 1 fully saturated rings. The van der Waals surface area contributed by atoms with Crippen LogP contribution in [0.15, 0.2) is 41.4 Å². The summed E-state index contributed by atoms with van der Waals surface area (Å²) in [5.74, 6) is 0.596. The van der Waals surface area contributed by atoms with Crippen molar-refractivity contribution in [2.45, 2.75) is 24.9 Å². The molecule has 1 unspecified atom stereocenters. The zero-order valence-corrected chi connectivity index (χ0v) is 17.5. The van der Waals surface area contributed by atoms with Crippen LogP contribution in [-0.4, -0.2) is 56.8 Å². The lowest BCUT2D eigenvalue weighted by Gasteiger charge is -2.35. The number of morpholine rings is 1. The highest BCUT2D eigenvalue weighted by atomic mass is 127. The topological polar surface area (TPSA) is 48.9 Å². The summed E-state index contributed by atoms with van der Waals surface area (Å²) in [4.78, 5) is 6.67. The number of ether oxygens (including phenoxy) is 1. The molecule has 1 aliphatic heterocycles. The van der Waals surface area contributed by atoms with Crippen molar-refractivity contribution in [3.8, 4) is 0 Å². The molecule has 1 aromatic rings. The van der Waals surface area contributed by atoms with Crippen LogP contribution in [-0.2, 0) is 4.74 Å². The monoisotopic (exact) mass is 474 g/mol. The predicted octanol–water partition coefficient (Wildman–Crippen LogP) is 2.70. The maximum atomic E-state index is 13.7. The van der Waals surface area contributed by atoms with Gasteiger partial charge in [-0.2, -0.15) is 0 Å². The number of benzene rings is 1. The summed E-state index contributed by atoms with van der Waals surface area (Å²) in [5.41, 5.74) is 0.979. The number of rotatable bonds is 5. The number of halogens is 2. The molecule has 5 nitrogen and oxygen atoms in total. The highest BCUT2D eigenvalue weighted by Crippen LogP contribution is 2.22. The molecule has 3 rings (SSSR count). The molecule has 1 aromatic carbocycles. The van der Waals surface area contributed by atoms with E-state index < -0.39 is 0 Å². The average molecular weight is 474 g/mol. The van der Waals surface area contributed by atoms with E-state index in [9.17, 15) is 4.39 Å². The molecule has 26 heavy (non-hydrogen) atoms. The van der Waals surface area contributed by atoms with Gasteiger partial charge in [0, 0.05) is 32.7 Å². The molecular weight excluding hydrogens is 446 g/mol. The van der Waals surface area contributed by atoms with Crippen LogP contribution in [0.2, 0.25) is 0 Å². The van der Waals surface area contributed by atoms with Gasteiger partial charge in [0.05, 0.1) is 19.3 Å². The second-order valence-corrected chi connectivity index (χ2v) is 6.46. The van der Waals surface area contributed by atoms with E-state index in [-0.39, 0.29) is 35.8 Å². The van der Waals surface area contributed by atoms with Gasteiger partial charge in [-0.3, -0.25) is 9.89 Å². The number of guanidine groups is 1. The van der Waals surface area contributed by atoms with Crippen LogP contribution in [0, 0.1) is 5.82 Å². The lowest BCUT2D eigenvalue weighted by atomic mass is 10.0. The van der Waals surface area contributed by atoms with Gasteiger partial charge in [0.1, 0.15) is 5.82 Å². The number of aliphatic imine (C=N–C) groups is 1. The summed E-state index contributed by atoms with van der Waals surface area (Å²) in [7, 11) is 1.78. The van der Waals surface area contributed by atoms with E-state index in [4.69, 9.17) is 4.74 Å². The maximum absolute atomic E-state index is 13.7. The molecule has 1 saturated heterocycles. The molecule has 0 saturated carbocycles. The first-order valence-electron chi connectivity index (χ1n) is 8.95. The van der Waals surface area contributed by atoms with Gasteiger partial charge in [-0.05, 0) is 30.5 Å². The van der Waals surface area contributed by atoms with E-state index >= 15 is 0 Å². The fourth-order valence-electron chi connectivity index (χ4n) is 3.38. The van der Waals surface area contributed by atoms with E-state index in [1.54, 1.807) is 19.2 Å². The summed E-state index contributed by atoms with van der Waals surface area (Å²) in [6.07, 6.45) is 6.43. The van der Waals surface area contributed by atoms with Crippen molar-refractivity contribution in [1.82, 2.24) is 15.5 Å². The fraction of sp³-hybridized carbons (Fsp3) is 0.526. The third kappa shape index (κ3) is 5.92.